The Balaban J connectivity index is 1.91. The third-order valence-electron chi connectivity index (χ3n) is 3.67. The van der Waals surface area contributed by atoms with Crippen molar-refractivity contribution < 1.29 is 9.59 Å². The predicted molar refractivity (Wildman–Crippen MR) is 87.7 cm³/mol. The smallest absolute Gasteiger partial charge is 0.315 e. The maximum Gasteiger partial charge on any atom is 0.315 e. The third-order valence-corrected chi connectivity index (χ3v) is 3.67. The molecule has 2 rings (SSSR count). The number of rotatable bonds is 5. The number of piperidine rings is 1. The average molecular weight is 303 g/mol. The summed E-state index contributed by atoms with van der Waals surface area (Å²) in [6, 6.07) is 7.66. The zero-order valence-electron chi connectivity index (χ0n) is 13.4. The molecule has 3 amide bonds. The molecule has 1 saturated heterocycles. The molecule has 0 unspecified atom stereocenters. The molecule has 1 aliphatic rings. The number of amides is 3. The van der Waals surface area contributed by atoms with Crippen LogP contribution in [0.3, 0.4) is 0 Å². The van der Waals surface area contributed by atoms with E-state index in [-0.39, 0.29) is 11.9 Å². The lowest BCUT2D eigenvalue weighted by atomic mass is 10.1. The molecule has 1 fully saturated rings. The highest BCUT2D eigenvalue weighted by Crippen LogP contribution is 2.21. The fourth-order valence-corrected chi connectivity index (χ4v) is 2.45. The molecule has 5 nitrogen and oxygen atoms in total. The fraction of sp³-hybridized carbons (Fsp3) is 0.529. The van der Waals surface area contributed by atoms with Crippen molar-refractivity contribution in [2.24, 2.45) is 5.92 Å². The van der Waals surface area contributed by atoms with Crippen LogP contribution in [-0.2, 0) is 11.3 Å². The van der Waals surface area contributed by atoms with Gasteiger partial charge in [0.2, 0.25) is 5.91 Å². The largest absolute Gasteiger partial charge is 0.338 e. The van der Waals surface area contributed by atoms with E-state index in [9.17, 15) is 9.59 Å². The van der Waals surface area contributed by atoms with Gasteiger partial charge in [-0.1, -0.05) is 26.0 Å². The summed E-state index contributed by atoms with van der Waals surface area (Å²) in [6.45, 7) is 6.01. The highest BCUT2D eigenvalue weighted by Gasteiger charge is 2.19. The van der Waals surface area contributed by atoms with Crippen molar-refractivity contribution in [3.05, 3.63) is 29.8 Å². The van der Waals surface area contributed by atoms with Gasteiger partial charge in [0.15, 0.2) is 0 Å². The minimum atomic E-state index is -0.159. The lowest BCUT2D eigenvalue weighted by Crippen LogP contribution is -2.37. The first kappa shape index (κ1) is 16.3. The second kappa shape index (κ2) is 7.82. The highest BCUT2D eigenvalue weighted by molar-refractivity contribution is 5.94. The molecular formula is C17H25N3O2. The zero-order valence-corrected chi connectivity index (χ0v) is 13.4. The maximum atomic E-state index is 12.0. The van der Waals surface area contributed by atoms with Crippen LogP contribution in [0.5, 0.6) is 0 Å². The van der Waals surface area contributed by atoms with Crippen LogP contribution < -0.4 is 15.5 Å². The molecule has 1 heterocycles. The van der Waals surface area contributed by atoms with E-state index in [1.54, 1.807) is 0 Å². The van der Waals surface area contributed by atoms with E-state index in [1.807, 2.05) is 29.2 Å². The number of nitrogens with zero attached hydrogens (tertiary/aromatic N) is 1. The fourth-order valence-electron chi connectivity index (χ4n) is 2.45. The first-order valence-corrected chi connectivity index (χ1v) is 7.97. The van der Waals surface area contributed by atoms with Crippen LogP contribution in [0.15, 0.2) is 24.3 Å². The van der Waals surface area contributed by atoms with Crippen molar-refractivity contribution in [3.8, 4) is 0 Å². The van der Waals surface area contributed by atoms with Crippen LogP contribution in [0, 0.1) is 5.92 Å². The third kappa shape index (κ3) is 4.76. The number of hydrogen-bond donors (Lipinski definition) is 2. The van der Waals surface area contributed by atoms with Crippen molar-refractivity contribution in [1.82, 2.24) is 10.6 Å². The molecule has 0 atom stereocenters. The second-order valence-corrected chi connectivity index (χ2v) is 6.13. The molecule has 1 aromatic carbocycles. The average Bonchev–Trinajstić information content (AvgIpc) is 2.51. The van der Waals surface area contributed by atoms with Crippen LogP contribution in [0.4, 0.5) is 10.5 Å². The van der Waals surface area contributed by atoms with Crippen LogP contribution in [0.25, 0.3) is 0 Å². The van der Waals surface area contributed by atoms with E-state index in [4.69, 9.17) is 0 Å². The van der Waals surface area contributed by atoms with E-state index in [0.717, 1.165) is 30.6 Å². The molecule has 1 aromatic rings. The van der Waals surface area contributed by atoms with Gasteiger partial charge in [0, 0.05) is 31.7 Å². The van der Waals surface area contributed by atoms with Crippen LogP contribution in [0.1, 0.15) is 38.7 Å². The Morgan fingerprint density at radius 1 is 1.27 bits per heavy atom. The lowest BCUT2D eigenvalue weighted by Gasteiger charge is -2.27. The van der Waals surface area contributed by atoms with Crippen molar-refractivity contribution >= 4 is 17.6 Å². The first-order chi connectivity index (χ1) is 10.6. The summed E-state index contributed by atoms with van der Waals surface area (Å²) in [5.41, 5.74) is 1.92. The van der Waals surface area contributed by atoms with E-state index < -0.39 is 0 Å². The minimum absolute atomic E-state index is 0.159. The summed E-state index contributed by atoms with van der Waals surface area (Å²) in [5, 5.41) is 5.66. The van der Waals surface area contributed by atoms with Crippen molar-refractivity contribution in [2.75, 3.05) is 18.0 Å². The predicted octanol–water partition coefficient (Wildman–Crippen LogP) is 2.66. The number of anilines is 1. The molecule has 0 bridgehead atoms. The Morgan fingerprint density at radius 3 is 2.82 bits per heavy atom. The Kier molecular flexibility index (Phi) is 5.81. The van der Waals surface area contributed by atoms with Gasteiger partial charge in [-0.15, -0.1) is 0 Å². The number of urea groups is 1. The van der Waals surface area contributed by atoms with Gasteiger partial charge in [0.1, 0.15) is 0 Å². The van der Waals surface area contributed by atoms with Gasteiger partial charge >= 0.3 is 6.03 Å². The van der Waals surface area contributed by atoms with Gasteiger partial charge in [-0.05, 0) is 36.5 Å². The monoisotopic (exact) mass is 303 g/mol. The Hall–Kier alpha value is -2.04. The molecule has 120 valence electrons. The van der Waals surface area contributed by atoms with E-state index in [2.05, 4.69) is 24.5 Å². The quantitative estimate of drug-likeness (QED) is 0.878. The number of benzene rings is 1. The highest BCUT2D eigenvalue weighted by atomic mass is 16.2. The lowest BCUT2D eigenvalue weighted by molar-refractivity contribution is -0.119. The van der Waals surface area contributed by atoms with Crippen molar-refractivity contribution in [2.45, 2.75) is 39.7 Å². The van der Waals surface area contributed by atoms with Gasteiger partial charge < -0.3 is 15.5 Å². The minimum Gasteiger partial charge on any atom is -0.338 e. The normalized spacial score (nSPS) is 15.0. The molecule has 0 saturated carbocycles. The zero-order chi connectivity index (χ0) is 15.9. The molecule has 2 N–H and O–H groups in total. The van der Waals surface area contributed by atoms with E-state index >= 15 is 0 Å². The number of carbonyl (C=O) groups is 2. The van der Waals surface area contributed by atoms with Crippen molar-refractivity contribution in [1.29, 1.82) is 0 Å². The van der Waals surface area contributed by atoms with E-state index in [0.29, 0.717) is 25.4 Å². The summed E-state index contributed by atoms with van der Waals surface area (Å²) >= 11 is 0. The summed E-state index contributed by atoms with van der Waals surface area (Å²) in [7, 11) is 0. The van der Waals surface area contributed by atoms with Gasteiger partial charge in [0.05, 0.1) is 0 Å². The molecule has 1 aliphatic heterocycles. The first-order valence-electron chi connectivity index (χ1n) is 7.97. The summed E-state index contributed by atoms with van der Waals surface area (Å²) in [6.07, 6.45) is 2.65. The molecule has 0 radical (unpaired) electrons. The van der Waals surface area contributed by atoms with Crippen LogP contribution in [0.2, 0.25) is 0 Å². The Labute approximate surface area is 132 Å². The SMILES string of the molecule is CC(C)CNC(=O)NCc1cccc(N2CCCCC2=O)c1. The van der Waals surface area contributed by atoms with Crippen LogP contribution >= 0.6 is 0 Å². The Bertz CT molecular complexity index is 528. The van der Waals surface area contributed by atoms with Gasteiger partial charge in [0.25, 0.3) is 0 Å². The number of nitrogens with one attached hydrogen (secondary N) is 2. The topological polar surface area (TPSA) is 61.4 Å². The standard InChI is InChI=1S/C17H25N3O2/c1-13(2)11-18-17(22)19-12-14-6-5-7-15(10-14)20-9-4-3-8-16(20)21/h5-7,10,13H,3-4,8-9,11-12H2,1-2H3,(H2,18,19,22). The molecule has 5 heteroatoms. The summed E-state index contributed by atoms with van der Waals surface area (Å²) in [4.78, 5) is 25.5. The van der Waals surface area contributed by atoms with Crippen molar-refractivity contribution in [3.63, 3.8) is 0 Å². The van der Waals surface area contributed by atoms with Gasteiger partial charge in [-0.2, -0.15) is 0 Å². The Morgan fingerprint density at radius 2 is 2.09 bits per heavy atom. The molecule has 22 heavy (non-hydrogen) atoms. The summed E-state index contributed by atoms with van der Waals surface area (Å²) < 4.78 is 0. The second-order valence-electron chi connectivity index (χ2n) is 6.13. The maximum absolute atomic E-state index is 12.0. The molecular weight excluding hydrogens is 278 g/mol. The van der Waals surface area contributed by atoms with E-state index in [1.165, 1.54) is 0 Å². The number of hydrogen-bond acceptors (Lipinski definition) is 2. The molecule has 0 aromatic heterocycles. The molecule has 0 spiro atoms. The summed E-state index contributed by atoms with van der Waals surface area (Å²) in [5.74, 6) is 0.616. The number of carbonyl (C=O) groups excluding carboxylic acids is 2. The molecule has 0 aliphatic carbocycles. The van der Waals surface area contributed by atoms with Crippen LogP contribution in [-0.4, -0.2) is 25.0 Å². The van der Waals surface area contributed by atoms with Gasteiger partial charge in [-0.3, -0.25) is 4.79 Å². The van der Waals surface area contributed by atoms with Gasteiger partial charge in [-0.25, -0.2) is 4.79 Å².